The molecular weight excluding hydrogens is 268 g/mol. The second kappa shape index (κ2) is 9.08. The highest BCUT2D eigenvalue weighted by atomic mass is 28.2. The Morgan fingerprint density at radius 3 is 2.55 bits per heavy atom. The number of hydrogen-bond acceptors (Lipinski definition) is 3. The third-order valence-electron chi connectivity index (χ3n) is 2.78. The van der Waals surface area contributed by atoms with E-state index in [1.54, 1.807) is 0 Å². The average Bonchev–Trinajstić information content (AvgIpc) is 2.44. The molecule has 0 unspecified atom stereocenters. The molecule has 0 aliphatic heterocycles. The van der Waals surface area contributed by atoms with E-state index in [2.05, 4.69) is 18.7 Å². The van der Waals surface area contributed by atoms with Crippen LogP contribution < -0.4 is 0 Å². The Kier molecular flexibility index (Phi) is 7.77. The SMILES string of the molecule is C=Cc1cccc(CCO[Si]C(C)(OCC)OCC)c1. The van der Waals surface area contributed by atoms with Crippen molar-refractivity contribution >= 4 is 15.8 Å². The van der Waals surface area contributed by atoms with Crippen LogP contribution in [0.5, 0.6) is 0 Å². The van der Waals surface area contributed by atoms with E-state index >= 15 is 0 Å². The summed E-state index contributed by atoms with van der Waals surface area (Å²) in [6.45, 7) is 11.5. The number of ether oxygens (including phenoxy) is 2. The molecule has 20 heavy (non-hydrogen) atoms. The van der Waals surface area contributed by atoms with Gasteiger partial charge in [-0.05, 0) is 38.3 Å². The van der Waals surface area contributed by atoms with Gasteiger partial charge in [-0.15, -0.1) is 0 Å². The van der Waals surface area contributed by atoms with Gasteiger partial charge >= 0.3 is 9.76 Å². The van der Waals surface area contributed by atoms with Gasteiger partial charge in [0.1, 0.15) is 0 Å². The maximum absolute atomic E-state index is 5.73. The summed E-state index contributed by atoms with van der Waals surface area (Å²) in [6.07, 6.45) is 2.73. The van der Waals surface area contributed by atoms with E-state index in [1.807, 2.05) is 39.0 Å². The van der Waals surface area contributed by atoms with Gasteiger partial charge in [-0.1, -0.05) is 36.9 Å². The van der Waals surface area contributed by atoms with Crippen LogP contribution in [0.2, 0.25) is 0 Å². The largest absolute Gasteiger partial charge is 0.412 e. The molecule has 4 heteroatoms. The monoisotopic (exact) mass is 292 g/mol. The van der Waals surface area contributed by atoms with Gasteiger partial charge < -0.3 is 13.9 Å². The first-order valence-electron chi connectivity index (χ1n) is 7.01. The molecule has 0 saturated carbocycles. The molecule has 1 aromatic carbocycles. The first-order chi connectivity index (χ1) is 9.63. The molecule has 0 heterocycles. The molecule has 3 nitrogen and oxygen atoms in total. The van der Waals surface area contributed by atoms with Gasteiger partial charge in [0.05, 0.1) is 0 Å². The number of hydrogen-bond donors (Lipinski definition) is 0. The summed E-state index contributed by atoms with van der Waals surface area (Å²) >= 11 is 0. The molecular formula is C16H24O3Si. The lowest BCUT2D eigenvalue weighted by atomic mass is 10.1. The maximum atomic E-state index is 5.73. The van der Waals surface area contributed by atoms with Crippen molar-refractivity contribution in [2.75, 3.05) is 19.8 Å². The van der Waals surface area contributed by atoms with Crippen LogP contribution in [0, 0.1) is 0 Å². The summed E-state index contributed by atoms with van der Waals surface area (Å²) in [7, 11) is 0.175. The summed E-state index contributed by atoms with van der Waals surface area (Å²) < 4.78 is 17.0. The Hall–Kier alpha value is -0.943. The van der Waals surface area contributed by atoms with Gasteiger partial charge in [-0.3, -0.25) is 0 Å². The van der Waals surface area contributed by atoms with E-state index in [4.69, 9.17) is 13.9 Å². The fourth-order valence-electron chi connectivity index (χ4n) is 1.88. The Balaban J connectivity index is 2.37. The van der Waals surface area contributed by atoms with Crippen molar-refractivity contribution in [1.29, 1.82) is 0 Å². The third-order valence-corrected chi connectivity index (χ3v) is 3.78. The zero-order chi connectivity index (χ0) is 14.8. The molecule has 0 fully saturated rings. The molecule has 2 radical (unpaired) electrons. The number of benzene rings is 1. The van der Waals surface area contributed by atoms with Crippen LogP contribution in [-0.2, 0) is 20.3 Å². The standard InChI is InChI=1S/C16H24O3Si/c1-5-14-9-8-10-15(13-14)11-12-19-20-16(4,17-6-2)18-7-3/h5,8-10,13H,1,6-7,11-12H2,2-4H3. The molecule has 1 aromatic rings. The zero-order valence-corrected chi connectivity index (χ0v) is 13.6. The highest BCUT2D eigenvalue weighted by molar-refractivity contribution is 6.30. The average molecular weight is 292 g/mol. The van der Waals surface area contributed by atoms with Gasteiger partial charge in [-0.25, -0.2) is 0 Å². The van der Waals surface area contributed by atoms with E-state index in [0.29, 0.717) is 19.8 Å². The van der Waals surface area contributed by atoms with Gasteiger partial charge in [0.15, 0.2) is 5.41 Å². The smallest absolute Gasteiger partial charge is 0.304 e. The Labute approximate surface area is 124 Å². The topological polar surface area (TPSA) is 27.7 Å². The lowest BCUT2D eigenvalue weighted by Gasteiger charge is -2.27. The van der Waals surface area contributed by atoms with Gasteiger partial charge in [0, 0.05) is 19.8 Å². The van der Waals surface area contributed by atoms with Crippen LogP contribution in [0.15, 0.2) is 30.8 Å². The Morgan fingerprint density at radius 1 is 1.25 bits per heavy atom. The predicted molar refractivity (Wildman–Crippen MR) is 83.6 cm³/mol. The normalized spacial score (nSPS) is 11.6. The minimum Gasteiger partial charge on any atom is -0.412 e. The van der Waals surface area contributed by atoms with E-state index in [0.717, 1.165) is 12.0 Å². The highest BCUT2D eigenvalue weighted by Crippen LogP contribution is 2.12. The van der Waals surface area contributed by atoms with Crippen LogP contribution >= 0.6 is 0 Å². The maximum Gasteiger partial charge on any atom is 0.304 e. The zero-order valence-electron chi connectivity index (χ0n) is 12.6. The molecule has 0 aliphatic rings. The van der Waals surface area contributed by atoms with Crippen LogP contribution in [0.25, 0.3) is 6.08 Å². The molecule has 0 amide bonds. The van der Waals surface area contributed by atoms with Crippen molar-refractivity contribution in [1.82, 2.24) is 0 Å². The third kappa shape index (κ3) is 6.01. The summed E-state index contributed by atoms with van der Waals surface area (Å²) in [5.41, 5.74) is 1.77. The van der Waals surface area contributed by atoms with Crippen molar-refractivity contribution in [3.63, 3.8) is 0 Å². The Bertz CT molecular complexity index is 400. The fraction of sp³-hybridized carbons (Fsp3) is 0.500. The molecule has 1 rings (SSSR count). The first kappa shape index (κ1) is 17.1. The highest BCUT2D eigenvalue weighted by Gasteiger charge is 2.27. The Morgan fingerprint density at radius 2 is 1.95 bits per heavy atom. The van der Waals surface area contributed by atoms with E-state index < -0.39 is 5.41 Å². The van der Waals surface area contributed by atoms with Crippen LogP contribution in [-0.4, -0.2) is 35.0 Å². The van der Waals surface area contributed by atoms with Crippen molar-refractivity contribution in [2.24, 2.45) is 0 Å². The molecule has 0 aromatic heterocycles. The predicted octanol–water partition coefficient (Wildman–Crippen LogP) is 3.25. The summed E-state index contributed by atoms with van der Waals surface area (Å²) in [4.78, 5) is 0. The van der Waals surface area contributed by atoms with E-state index in [-0.39, 0.29) is 9.76 Å². The molecule has 110 valence electrons. The van der Waals surface area contributed by atoms with Crippen molar-refractivity contribution in [3.8, 4) is 0 Å². The first-order valence-corrected chi connectivity index (χ1v) is 7.92. The van der Waals surface area contributed by atoms with E-state index in [1.165, 1.54) is 5.56 Å². The number of rotatable bonds is 10. The lowest BCUT2D eigenvalue weighted by molar-refractivity contribution is -0.169. The molecule has 0 aliphatic carbocycles. The lowest BCUT2D eigenvalue weighted by Crippen LogP contribution is -2.41. The molecule has 0 N–H and O–H groups in total. The molecule has 0 spiro atoms. The quantitative estimate of drug-likeness (QED) is 0.376. The minimum absolute atomic E-state index is 0.175. The van der Waals surface area contributed by atoms with Crippen molar-refractivity contribution in [3.05, 3.63) is 42.0 Å². The van der Waals surface area contributed by atoms with E-state index in [9.17, 15) is 0 Å². The molecule has 0 atom stereocenters. The summed E-state index contributed by atoms with van der Waals surface area (Å²) in [6, 6.07) is 8.31. The molecule has 0 saturated heterocycles. The van der Waals surface area contributed by atoms with Gasteiger partial charge in [0.25, 0.3) is 0 Å². The summed E-state index contributed by atoms with van der Waals surface area (Å²) in [5.74, 6) is 0. The van der Waals surface area contributed by atoms with Crippen LogP contribution in [0.4, 0.5) is 0 Å². The van der Waals surface area contributed by atoms with Gasteiger partial charge in [0.2, 0.25) is 0 Å². The van der Waals surface area contributed by atoms with Crippen LogP contribution in [0.3, 0.4) is 0 Å². The minimum atomic E-state index is -0.619. The van der Waals surface area contributed by atoms with Crippen molar-refractivity contribution in [2.45, 2.75) is 32.6 Å². The second-order valence-electron chi connectivity index (χ2n) is 4.46. The van der Waals surface area contributed by atoms with Gasteiger partial charge in [-0.2, -0.15) is 0 Å². The second-order valence-corrected chi connectivity index (χ2v) is 5.86. The molecule has 0 bridgehead atoms. The summed E-state index contributed by atoms with van der Waals surface area (Å²) in [5, 5.41) is 0. The fourth-order valence-corrected chi connectivity index (χ4v) is 2.75. The van der Waals surface area contributed by atoms with Crippen LogP contribution in [0.1, 0.15) is 31.9 Å². The van der Waals surface area contributed by atoms with Crippen molar-refractivity contribution < 1.29 is 13.9 Å².